The van der Waals surface area contributed by atoms with E-state index in [2.05, 4.69) is 22.1 Å². The van der Waals surface area contributed by atoms with Crippen LogP contribution in [0.1, 0.15) is 15.9 Å². The fourth-order valence-electron chi connectivity index (χ4n) is 3.32. The van der Waals surface area contributed by atoms with E-state index in [0.717, 1.165) is 32.2 Å². The summed E-state index contributed by atoms with van der Waals surface area (Å²) in [6.07, 6.45) is 3.31. The Morgan fingerprint density at radius 1 is 1.10 bits per heavy atom. The van der Waals surface area contributed by atoms with E-state index in [-0.39, 0.29) is 11.1 Å². The van der Waals surface area contributed by atoms with Crippen LogP contribution in [-0.2, 0) is 0 Å². The first kappa shape index (κ1) is 20.7. The molecule has 0 aliphatic carbocycles. The Kier molecular flexibility index (Phi) is 5.77. The normalized spacial score (nSPS) is 15.0. The molecule has 0 saturated carbocycles. The second-order valence-electron chi connectivity index (χ2n) is 7.36. The van der Waals surface area contributed by atoms with E-state index in [1.807, 2.05) is 5.01 Å². The highest BCUT2D eigenvalue weighted by molar-refractivity contribution is 5.89. The van der Waals surface area contributed by atoms with Gasteiger partial charge in [0.2, 0.25) is 0 Å². The molecule has 1 N–H and O–H groups in total. The molecule has 1 aromatic heterocycles. The van der Waals surface area contributed by atoms with Gasteiger partial charge in [0, 0.05) is 49.6 Å². The van der Waals surface area contributed by atoms with Crippen LogP contribution < -0.4 is 0 Å². The van der Waals surface area contributed by atoms with Crippen molar-refractivity contribution < 1.29 is 18.7 Å². The van der Waals surface area contributed by atoms with E-state index >= 15 is 0 Å². The van der Waals surface area contributed by atoms with Crippen molar-refractivity contribution in [2.75, 3.05) is 33.2 Å². The first-order valence-electron chi connectivity index (χ1n) is 9.77. The van der Waals surface area contributed by atoms with Crippen molar-refractivity contribution in [1.29, 1.82) is 0 Å². The van der Waals surface area contributed by atoms with Gasteiger partial charge in [-0.05, 0) is 43.4 Å². The maximum atomic E-state index is 14.5. The second-order valence-corrected chi connectivity index (χ2v) is 7.36. The maximum Gasteiger partial charge on any atom is 0.335 e. The zero-order chi connectivity index (χ0) is 22.0. The molecule has 3 aromatic rings. The van der Waals surface area contributed by atoms with Crippen LogP contribution in [0.4, 0.5) is 8.78 Å². The lowest BCUT2D eigenvalue weighted by Gasteiger charge is -2.30. The van der Waals surface area contributed by atoms with Gasteiger partial charge in [-0.3, -0.25) is 5.01 Å². The van der Waals surface area contributed by atoms with Crippen molar-refractivity contribution in [1.82, 2.24) is 19.7 Å². The summed E-state index contributed by atoms with van der Waals surface area (Å²) in [6.45, 7) is 3.34. The van der Waals surface area contributed by atoms with Crippen molar-refractivity contribution in [3.63, 3.8) is 0 Å². The molecule has 0 amide bonds. The van der Waals surface area contributed by atoms with Crippen LogP contribution in [-0.4, -0.2) is 70.2 Å². The number of carboxylic acid groups (broad SMARTS) is 1. The molecular formula is C22H21F2N5O2. The molecule has 1 saturated heterocycles. The highest BCUT2D eigenvalue weighted by Crippen LogP contribution is 2.26. The first-order valence-corrected chi connectivity index (χ1v) is 9.77. The third-order valence-corrected chi connectivity index (χ3v) is 5.15. The van der Waals surface area contributed by atoms with E-state index in [4.69, 9.17) is 5.11 Å². The van der Waals surface area contributed by atoms with E-state index in [1.165, 1.54) is 28.9 Å². The van der Waals surface area contributed by atoms with Gasteiger partial charge in [-0.15, -0.1) is 0 Å². The minimum Gasteiger partial charge on any atom is -0.478 e. The molecule has 2 heterocycles. The Morgan fingerprint density at radius 3 is 2.45 bits per heavy atom. The summed E-state index contributed by atoms with van der Waals surface area (Å²) in [6, 6.07) is 9.51. The zero-order valence-electron chi connectivity index (χ0n) is 16.9. The molecule has 1 aliphatic heterocycles. The SMILES string of the molecule is CN1CCN(/N=C/c2cn(-c3ccc(C(=O)O)cc3)nc2-c2ccc(F)cc2F)CC1. The lowest BCUT2D eigenvalue weighted by Crippen LogP contribution is -2.41. The van der Waals surface area contributed by atoms with Gasteiger partial charge >= 0.3 is 5.97 Å². The van der Waals surface area contributed by atoms with Crippen molar-refractivity contribution in [3.05, 3.63) is 71.4 Å². The minimum atomic E-state index is -1.03. The van der Waals surface area contributed by atoms with Crippen LogP contribution in [0.2, 0.25) is 0 Å². The molecular weight excluding hydrogens is 404 g/mol. The van der Waals surface area contributed by atoms with Gasteiger partial charge in [0.25, 0.3) is 0 Å². The third-order valence-electron chi connectivity index (χ3n) is 5.15. The van der Waals surface area contributed by atoms with E-state index < -0.39 is 17.6 Å². The quantitative estimate of drug-likeness (QED) is 0.636. The Morgan fingerprint density at radius 2 is 1.81 bits per heavy atom. The van der Waals surface area contributed by atoms with Crippen molar-refractivity contribution in [3.8, 4) is 16.9 Å². The van der Waals surface area contributed by atoms with Crippen LogP contribution in [0.25, 0.3) is 16.9 Å². The molecule has 9 heteroatoms. The third kappa shape index (κ3) is 4.61. The Balaban J connectivity index is 1.71. The number of rotatable bonds is 5. The molecule has 1 fully saturated rings. The predicted octanol–water partition coefficient (Wildman–Crippen LogP) is 3.10. The minimum absolute atomic E-state index is 0.151. The maximum absolute atomic E-state index is 14.5. The number of hydrazone groups is 1. The Hall–Kier alpha value is -3.59. The lowest BCUT2D eigenvalue weighted by atomic mass is 10.1. The number of benzene rings is 2. The fraction of sp³-hybridized carbons (Fsp3) is 0.227. The van der Waals surface area contributed by atoms with E-state index in [0.29, 0.717) is 16.9 Å². The van der Waals surface area contributed by atoms with Gasteiger partial charge in [-0.1, -0.05) is 0 Å². The number of hydrogen-bond acceptors (Lipinski definition) is 5. The molecule has 0 bridgehead atoms. The van der Waals surface area contributed by atoms with Gasteiger partial charge in [0.1, 0.15) is 17.3 Å². The summed E-state index contributed by atoms with van der Waals surface area (Å²) in [5, 5.41) is 20.0. The first-order chi connectivity index (χ1) is 14.9. The van der Waals surface area contributed by atoms with Gasteiger partial charge in [-0.25, -0.2) is 18.3 Å². The number of carbonyl (C=O) groups is 1. The molecule has 7 nitrogen and oxygen atoms in total. The summed E-state index contributed by atoms with van der Waals surface area (Å²) in [7, 11) is 2.05. The molecule has 0 unspecified atom stereocenters. The molecule has 1 aliphatic rings. The zero-order valence-corrected chi connectivity index (χ0v) is 16.9. The highest BCUT2D eigenvalue weighted by Gasteiger charge is 2.17. The largest absolute Gasteiger partial charge is 0.478 e. The molecule has 0 radical (unpaired) electrons. The van der Waals surface area contributed by atoms with Crippen molar-refractivity contribution >= 4 is 12.2 Å². The lowest BCUT2D eigenvalue weighted by molar-refractivity contribution is 0.0697. The summed E-state index contributed by atoms with van der Waals surface area (Å²) < 4.78 is 29.4. The molecule has 160 valence electrons. The van der Waals surface area contributed by atoms with Gasteiger partial charge in [0.15, 0.2) is 0 Å². The molecule has 0 spiro atoms. The summed E-state index contributed by atoms with van der Waals surface area (Å²) in [5.41, 5.74) is 1.79. The summed E-state index contributed by atoms with van der Waals surface area (Å²) in [5.74, 6) is -2.42. The number of aromatic carboxylic acids is 1. The van der Waals surface area contributed by atoms with Gasteiger partial charge < -0.3 is 10.0 Å². The topological polar surface area (TPSA) is 74.0 Å². The van der Waals surface area contributed by atoms with Crippen LogP contribution in [0.15, 0.2) is 53.8 Å². The number of likely N-dealkylation sites (N-methyl/N-ethyl adjacent to an activating group) is 1. The number of aromatic nitrogens is 2. The molecule has 31 heavy (non-hydrogen) atoms. The molecule has 2 aromatic carbocycles. The number of carboxylic acids is 1. The highest BCUT2D eigenvalue weighted by atomic mass is 19.1. The second kappa shape index (κ2) is 8.65. The van der Waals surface area contributed by atoms with Crippen molar-refractivity contribution in [2.24, 2.45) is 5.10 Å². The van der Waals surface area contributed by atoms with Crippen LogP contribution in [0.3, 0.4) is 0 Å². The van der Waals surface area contributed by atoms with E-state index in [9.17, 15) is 13.6 Å². The fourth-order valence-corrected chi connectivity index (χ4v) is 3.32. The summed E-state index contributed by atoms with van der Waals surface area (Å²) >= 11 is 0. The smallest absolute Gasteiger partial charge is 0.335 e. The van der Waals surface area contributed by atoms with Crippen LogP contribution in [0, 0.1) is 11.6 Å². The monoisotopic (exact) mass is 425 g/mol. The average Bonchev–Trinajstić information content (AvgIpc) is 3.17. The number of hydrogen-bond donors (Lipinski definition) is 1. The van der Waals surface area contributed by atoms with Gasteiger partial charge in [-0.2, -0.15) is 10.2 Å². The number of piperazine rings is 1. The Bertz CT molecular complexity index is 1120. The standard InChI is InChI=1S/C22H21F2N5O2/c1-27-8-10-28(11-9-27)25-13-16-14-29(18-5-2-15(3-6-18)22(30)31)26-21(16)19-7-4-17(23)12-20(19)24/h2-7,12-14H,8-11H2,1H3,(H,30,31)/b25-13+. The molecule has 4 rings (SSSR count). The van der Waals surface area contributed by atoms with Crippen molar-refractivity contribution in [2.45, 2.75) is 0 Å². The average molecular weight is 425 g/mol. The van der Waals surface area contributed by atoms with Crippen LogP contribution >= 0.6 is 0 Å². The molecule has 0 atom stereocenters. The Labute approximate surface area is 177 Å². The van der Waals surface area contributed by atoms with Crippen LogP contribution in [0.5, 0.6) is 0 Å². The van der Waals surface area contributed by atoms with E-state index in [1.54, 1.807) is 24.5 Å². The number of halogens is 2. The predicted molar refractivity (Wildman–Crippen MR) is 113 cm³/mol. The summed E-state index contributed by atoms with van der Waals surface area (Å²) in [4.78, 5) is 13.3. The van der Waals surface area contributed by atoms with Gasteiger partial charge in [0.05, 0.1) is 17.5 Å². The number of nitrogens with zero attached hydrogens (tertiary/aromatic N) is 5.